The van der Waals surface area contributed by atoms with Gasteiger partial charge in [-0.2, -0.15) is 0 Å². The highest BCUT2D eigenvalue weighted by Gasteiger charge is 2.24. The number of nitrogens with two attached hydrogens (primary N) is 1. The zero-order chi connectivity index (χ0) is 13.2. The Morgan fingerprint density at radius 1 is 1.21 bits per heavy atom. The summed E-state index contributed by atoms with van der Waals surface area (Å²) in [6.07, 6.45) is 7.71. The van der Waals surface area contributed by atoms with Crippen molar-refractivity contribution in [3.05, 3.63) is 12.4 Å². The van der Waals surface area contributed by atoms with Crippen molar-refractivity contribution >= 4 is 11.6 Å². The highest BCUT2D eigenvalue weighted by molar-refractivity contribution is 5.50. The summed E-state index contributed by atoms with van der Waals surface area (Å²) in [7, 11) is 2.14. The van der Waals surface area contributed by atoms with E-state index in [1.807, 2.05) is 0 Å². The molecule has 2 aliphatic rings. The van der Waals surface area contributed by atoms with Crippen molar-refractivity contribution in [2.24, 2.45) is 5.73 Å². The van der Waals surface area contributed by atoms with Gasteiger partial charge in [0.15, 0.2) is 0 Å². The van der Waals surface area contributed by atoms with Gasteiger partial charge in [-0.05, 0) is 32.1 Å². The molecule has 5 heteroatoms. The fraction of sp³-hybridized carbons (Fsp3) is 0.714. The van der Waals surface area contributed by atoms with Gasteiger partial charge in [-0.25, -0.2) is 9.97 Å². The van der Waals surface area contributed by atoms with Crippen molar-refractivity contribution in [2.75, 3.05) is 29.9 Å². The van der Waals surface area contributed by atoms with E-state index in [1.54, 1.807) is 6.33 Å². The van der Waals surface area contributed by atoms with E-state index >= 15 is 0 Å². The number of hydrogen-bond donors (Lipinski definition) is 1. The molecular formula is C14H23N5. The summed E-state index contributed by atoms with van der Waals surface area (Å²) >= 11 is 0. The molecule has 2 N–H and O–H groups in total. The zero-order valence-corrected chi connectivity index (χ0v) is 11.6. The molecular weight excluding hydrogens is 238 g/mol. The van der Waals surface area contributed by atoms with Gasteiger partial charge in [-0.15, -0.1) is 0 Å². The van der Waals surface area contributed by atoms with Crippen LogP contribution in [0.3, 0.4) is 0 Å². The van der Waals surface area contributed by atoms with Crippen LogP contribution in [-0.4, -0.2) is 42.2 Å². The lowest BCUT2D eigenvalue weighted by Gasteiger charge is -2.36. The molecule has 1 aromatic rings. The van der Waals surface area contributed by atoms with E-state index in [0.717, 1.165) is 37.6 Å². The van der Waals surface area contributed by atoms with Crippen LogP contribution in [0.1, 0.15) is 32.1 Å². The van der Waals surface area contributed by atoms with Gasteiger partial charge >= 0.3 is 0 Å². The molecule has 3 rings (SSSR count). The molecule has 1 aromatic heterocycles. The van der Waals surface area contributed by atoms with Crippen molar-refractivity contribution in [1.29, 1.82) is 0 Å². The second kappa shape index (κ2) is 5.33. The van der Waals surface area contributed by atoms with Crippen LogP contribution in [-0.2, 0) is 0 Å². The maximum Gasteiger partial charge on any atom is 0.134 e. The first-order chi connectivity index (χ1) is 9.24. The lowest BCUT2D eigenvalue weighted by Crippen LogP contribution is -2.40. The van der Waals surface area contributed by atoms with Crippen LogP contribution < -0.4 is 15.5 Å². The van der Waals surface area contributed by atoms with E-state index in [1.165, 1.54) is 19.3 Å². The Kier molecular flexibility index (Phi) is 3.55. The largest absolute Gasteiger partial charge is 0.357 e. The van der Waals surface area contributed by atoms with Crippen molar-refractivity contribution in [3.63, 3.8) is 0 Å². The van der Waals surface area contributed by atoms with E-state index in [4.69, 9.17) is 5.73 Å². The van der Waals surface area contributed by atoms with Crippen LogP contribution in [0.15, 0.2) is 12.4 Å². The lowest BCUT2D eigenvalue weighted by molar-refractivity contribution is 0.399. The predicted octanol–water partition coefficient (Wildman–Crippen LogP) is 1.39. The van der Waals surface area contributed by atoms with E-state index < -0.39 is 0 Å². The number of nitrogens with zero attached hydrogens (tertiary/aromatic N) is 4. The molecule has 0 unspecified atom stereocenters. The summed E-state index contributed by atoms with van der Waals surface area (Å²) in [5.41, 5.74) is 5.95. The molecule has 5 nitrogen and oxygen atoms in total. The first-order valence-electron chi connectivity index (χ1n) is 7.29. The minimum atomic E-state index is 0.357. The minimum Gasteiger partial charge on any atom is -0.357 e. The molecule has 0 amide bonds. The van der Waals surface area contributed by atoms with E-state index in [0.29, 0.717) is 12.1 Å². The van der Waals surface area contributed by atoms with Crippen LogP contribution in [0, 0.1) is 0 Å². The molecule has 0 radical (unpaired) electrons. The van der Waals surface area contributed by atoms with Crippen LogP contribution in [0.2, 0.25) is 0 Å². The number of rotatable bonds is 3. The van der Waals surface area contributed by atoms with E-state index in [-0.39, 0.29) is 0 Å². The second-order valence-corrected chi connectivity index (χ2v) is 5.75. The fourth-order valence-corrected chi connectivity index (χ4v) is 2.79. The van der Waals surface area contributed by atoms with Gasteiger partial charge in [0, 0.05) is 38.3 Å². The molecule has 1 aliphatic carbocycles. The standard InChI is InChI=1S/C14H23N5/c1-18(12-3-2-4-12)13-9-14(17-10-16-13)19-7-5-11(15)6-8-19/h9-12H,2-8,15H2,1H3. The molecule has 1 saturated carbocycles. The van der Waals surface area contributed by atoms with Crippen molar-refractivity contribution in [1.82, 2.24) is 9.97 Å². The molecule has 19 heavy (non-hydrogen) atoms. The van der Waals surface area contributed by atoms with Crippen LogP contribution in [0.25, 0.3) is 0 Å². The Morgan fingerprint density at radius 3 is 2.58 bits per heavy atom. The van der Waals surface area contributed by atoms with Gasteiger partial charge in [0.1, 0.15) is 18.0 Å². The maximum absolute atomic E-state index is 5.95. The number of hydrogen-bond acceptors (Lipinski definition) is 5. The first kappa shape index (κ1) is 12.7. The Morgan fingerprint density at radius 2 is 1.95 bits per heavy atom. The average molecular weight is 261 g/mol. The SMILES string of the molecule is CN(c1cc(N2CCC(N)CC2)ncn1)C1CCC1. The van der Waals surface area contributed by atoms with Crippen LogP contribution in [0.5, 0.6) is 0 Å². The monoisotopic (exact) mass is 261 g/mol. The van der Waals surface area contributed by atoms with Crippen molar-refractivity contribution < 1.29 is 0 Å². The molecule has 0 bridgehead atoms. The molecule has 0 aromatic carbocycles. The smallest absolute Gasteiger partial charge is 0.134 e. The normalized spacial score (nSPS) is 21.3. The molecule has 0 spiro atoms. The van der Waals surface area contributed by atoms with Gasteiger partial charge in [0.25, 0.3) is 0 Å². The van der Waals surface area contributed by atoms with Gasteiger partial charge < -0.3 is 15.5 Å². The van der Waals surface area contributed by atoms with Crippen LogP contribution >= 0.6 is 0 Å². The van der Waals surface area contributed by atoms with Crippen molar-refractivity contribution in [3.8, 4) is 0 Å². The van der Waals surface area contributed by atoms with Gasteiger partial charge in [0.05, 0.1) is 0 Å². The topological polar surface area (TPSA) is 58.3 Å². The third-order valence-corrected chi connectivity index (χ3v) is 4.49. The predicted molar refractivity (Wildman–Crippen MR) is 77.5 cm³/mol. The molecule has 1 saturated heterocycles. The highest BCUT2D eigenvalue weighted by Crippen LogP contribution is 2.28. The summed E-state index contributed by atoms with van der Waals surface area (Å²) in [4.78, 5) is 13.5. The Hall–Kier alpha value is -1.36. The Labute approximate surface area is 114 Å². The molecule has 2 heterocycles. The zero-order valence-electron chi connectivity index (χ0n) is 11.6. The first-order valence-corrected chi connectivity index (χ1v) is 7.29. The minimum absolute atomic E-state index is 0.357. The molecule has 104 valence electrons. The summed E-state index contributed by atoms with van der Waals surface area (Å²) in [5, 5.41) is 0. The van der Waals surface area contributed by atoms with E-state index in [9.17, 15) is 0 Å². The van der Waals surface area contributed by atoms with Crippen molar-refractivity contribution in [2.45, 2.75) is 44.2 Å². The fourth-order valence-electron chi connectivity index (χ4n) is 2.79. The van der Waals surface area contributed by atoms with Gasteiger partial charge in [-0.1, -0.05) is 0 Å². The van der Waals surface area contributed by atoms with Crippen LogP contribution in [0.4, 0.5) is 11.6 Å². The van der Waals surface area contributed by atoms with Gasteiger partial charge in [-0.3, -0.25) is 0 Å². The average Bonchev–Trinajstić information content (AvgIpc) is 2.38. The molecule has 2 fully saturated rings. The summed E-state index contributed by atoms with van der Waals surface area (Å²) < 4.78 is 0. The second-order valence-electron chi connectivity index (χ2n) is 5.75. The van der Waals surface area contributed by atoms with Gasteiger partial charge in [0.2, 0.25) is 0 Å². The highest BCUT2D eigenvalue weighted by atomic mass is 15.2. The maximum atomic E-state index is 5.95. The molecule has 1 aliphatic heterocycles. The summed E-state index contributed by atoms with van der Waals surface area (Å²) in [6.45, 7) is 2.01. The molecule has 0 atom stereocenters. The third kappa shape index (κ3) is 2.66. The number of anilines is 2. The summed E-state index contributed by atoms with van der Waals surface area (Å²) in [6, 6.07) is 3.14. The van der Waals surface area contributed by atoms with E-state index in [2.05, 4.69) is 32.9 Å². The number of aromatic nitrogens is 2. The summed E-state index contributed by atoms with van der Waals surface area (Å²) in [5.74, 6) is 2.09. The lowest BCUT2D eigenvalue weighted by atomic mass is 9.92. The third-order valence-electron chi connectivity index (χ3n) is 4.49. The number of piperidine rings is 1. The Bertz CT molecular complexity index is 424. The Balaban J connectivity index is 1.72. The quantitative estimate of drug-likeness (QED) is 0.891.